The summed E-state index contributed by atoms with van der Waals surface area (Å²) in [5, 5.41) is 53.1. The van der Waals surface area contributed by atoms with E-state index in [0.29, 0.717) is 16.7 Å². The molecule has 0 saturated heterocycles. The average Bonchev–Trinajstić information content (AvgIpc) is 2.77. The fourth-order valence-electron chi connectivity index (χ4n) is 5.53. The topological polar surface area (TPSA) is 178 Å². The second-order valence-corrected chi connectivity index (χ2v) is 8.94. The van der Waals surface area contributed by atoms with Crippen molar-refractivity contribution in [3.63, 3.8) is 0 Å². The lowest BCUT2D eigenvalue weighted by Crippen LogP contribution is -2.58. The Bertz CT molecular complexity index is 1350. The van der Waals surface area contributed by atoms with Crippen LogP contribution in [0.2, 0.25) is 0 Å². The van der Waals surface area contributed by atoms with Crippen LogP contribution in [0.25, 0.3) is 16.9 Å². The zero-order chi connectivity index (χ0) is 24.5. The number of hydrogen-bond donors (Lipinski definition) is 6. The van der Waals surface area contributed by atoms with Crippen LogP contribution in [0.4, 0.5) is 0 Å². The van der Waals surface area contributed by atoms with E-state index in [1.165, 1.54) is 18.2 Å². The van der Waals surface area contributed by atoms with Crippen molar-refractivity contribution in [2.75, 3.05) is 0 Å². The van der Waals surface area contributed by atoms with Gasteiger partial charge in [-0.25, -0.2) is 0 Å². The van der Waals surface area contributed by atoms with E-state index >= 15 is 0 Å². The second-order valence-electron chi connectivity index (χ2n) is 8.94. The van der Waals surface area contributed by atoms with E-state index < -0.39 is 52.0 Å². The van der Waals surface area contributed by atoms with Gasteiger partial charge in [-0.3, -0.25) is 14.4 Å². The van der Waals surface area contributed by atoms with Crippen LogP contribution in [-0.2, 0) is 20.8 Å². The first-order valence-corrected chi connectivity index (χ1v) is 10.7. The number of Topliss-reactive ketones (excluding diaryl/α,β-unsaturated/α-hetero) is 2. The van der Waals surface area contributed by atoms with Crippen molar-refractivity contribution in [1.82, 2.24) is 0 Å². The molecule has 0 spiro atoms. The van der Waals surface area contributed by atoms with E-state index in [1.54, 1.807) is 18.2 Å². The summed E-state index contributed by atoms with van der Waals surface area (Å²) in [4.78, 5) is 37.6. The van der Waals surface area contributed by atoms with Gasteiger partial charge in [0, 0.05) is 17.9 Å². The van der Waals surface area contributed by atoms with E-state index in [2.05, 4.69) is 0 Å². The molecular weight excluding hydrogens is 442 g/mol. The number of aromatic hydroxyl groups is 2. The Hall–Kier alpha value is -4.11. The lowest BCUT2D eigenvalue weighted by Gasteiger charge is -2.46. The fourth-order valence-corrected chi connectivity index (χ4v) is 5.53. The molecule has 7 N–H and O–H groups in total. The van der Waals surface area contributed by atoms with Crippen LogP contribution in [0.1, 0.15) is 24.0 Å². The molecule has 0 aliphatic heterocycles. The first kappa shape index (κ1) is 21.7. The van der Waals surface area contributed by atoms with E-state index in [9.17, 15) is 39.9 Å². The fraction of sp³-hybridized carbons (Fsp3) is 0.240. The number of benzene rings is 2. The van der Waals surface area contributed by atoms with Crippen LogP contribution in [0.5, 0.6) is 11.5 Å². The third-order valence-corrected chi connectivity index (χ3v) is 7.13. The van der Waals surface area contributed by atoms with Crippen molar-refractivity contribution in [3.05, 3.63) is 64.4 Å². The normalized spacial score (nSPS) is 26.1. The van der Waals surface area contributed by atoms with Crippen molar-refractivity contribution in [2.45, 2.75) is 24.9 Å². The molecule has 1 fully saturated rings. The van der Waals surface area contributed by atoms with Gasteiger partial charge in [0.15, 0.2) is 11.4 Å². The molecule has 5 rings (SSSR count). The quantitative estimate of drug-likeness (QED) is 0.365. The number of hydrogen-bond acceptors (Lipinski definition) is 8. The molecule has 0 bridgehead atoms. The Balaban J connectivity index is 1.70. The number of primary amides is 1. The largest absolute Gasteiger partial charge is 0.508 e. The Morgan fingerprint density at radius 3 is 2.29 bits per heavy atom. The van der Waals surface area contributed by atoms with Gasteiger partial charge >= 0.3 is 0 Å². The lowest BCUT2D eigenvalue weighted by molar-refractivity contribution is -0.147. The molecule has 3 aliphatic rings. The molecule has 1 saturated carbocycles. The van der Waals surface area contributed by atoms with E-state index in [1.807, 2.05) is 0 Å². The average molecular weight is 463 g/mol. The SMILES string of the molecule is NC(=O)C1=C(O)[C@@]2(O)C(=O)C3=C(O)c4c(O)ccc(-c5ccc(O)cc5)c4C[C@H]3C[C@H]2CC1=O. The van der Waals surface area contributed by atoms with Gasteiger partial charge in [-0.15, -0.1) is 0 Å². The smallest absolute Gasteiger partial charge is 0.255 e. The highest BCUT2D eigenvalue weighted by Crippen LogP contribution is 2.53. The van der Waals surface area contributed by atoms with Crippen LogP contribution in [-0.4, -0.2) is 48.6 Å². The predicted octanol–water partition coefficient (Wildman–Crippen LogP) is 1.80. The van der Waals surface area contributed by atoms with Crippen molar-refractivity contribution < 1.29 is 39.9 Å². The molecule has 0 unspecified atom stereocenters. The van der Waals surface area contributed by atoms with E-state index in [0.717, 1.165) is 0 Å². The monoisotopic (exact) mass is 463 g/mol. The van der Waals surface area contributed by atoms with Gasteiger partial charge in [0.2, 0.25) is 5.78 Å². The number of fused-ring (bicyclic) bond motifs is 3. The molecule has 1 amide bonds. The summed E-state index contributed by atoms with van der Waals surface area (Å²) in [5.41, 5.74) is 3.57. The molecule has 2 aromatic rings. The maximum atomic E-state index is 13.5. The standard InChI is InChI=1S/C25H21NO8/c26-24(33)20-17(29)9-12-7-11-8-15-14(10-1-3-13(27)4-2-10)5-6-16(28)19(15)21(30)18(11)22(31)25(12,34)23(20)32/h1-6,11-12,27-28,30,32,34H,7-9H2,(H2,26,33)/t11-,12+,25+/m1/s1. The highest BCUT2D eigenvalue weighted by Gasteiger charge is 2.60. The summed E-state index contributed by atoms with van der Waals surface area (Å²) >= 11 is 0. The second kappa shape index (κ2) is 7.19. The first-order chi connectivity index (χ1) is 16.1. The summed E-state index contributed by atoms with van der Waals surface area (Å²) in [6.07, 6.45) is -0.0978. The molecule has 34 heavy (non-hydrogen) atoms. The number of aliphatic hydroxyl groups is 3. The van der Waals surface area contributed by atoms with E-state index in [4.69, 9.17) is 5.73 Å². The summed E-state index contributed by atoms with van der Waals surface area (Å²) in [6.45, 7) is 0. The molecule has 3 atom stereocenters. The third kappa shape index (κ3) is 2.80. The van der Waals surface area contributed by atoms with Crippen LogP contribution >= 0.6 is 0 Å². The van der Waals surface area contributed by atoms with Gasteiger partial charge in [-0.2, -0.15) is 0 Å². The molecule has 0 heterocycles. The molecule has 2 aromatic carbocycles. The number of carbonyl (C=O) groups excluding carboxylic acids is 3. The molecule has 9 heteroatoms. The minimum Gasteiger partial charge on any atom is -0.508 e. The molecular formula is C25H21NO8. The molecule has 174 valence electrons. The van der Waals surface area contributed by atoms with Crippen LogP contribution in [0, 0.1) is 11.8 Å². The van der Waals surface area contributed by atoms with Gasteiger partial charge in [0.25, 0.3) is 5.91 Å². The number of amides is 1. The summed E-state index contributed by atoms with van der Waals surface area (Å²) in [6, 6.07) is 9.39. The first-order valence-electron chi connectivity index (χ1n) is 10.7. The number of aliphatic hydroxyl groups excluding tert-OH is 2. The number of carbonyl (C=O) groups is 3. The van der Waals surface area contributed by atoms with Crippen LogP contribution in [0.15, 0.2) is 53.3 Å². The molecule has 0 radical (unpaired) electrons. The van der Waals surface area contributed by atoms with Crippen LogP contribution < -0.4 is 5.73 Å². The summed E-state index contributed by atoms with van der Waals surface area (Å²) in [7, 11) is 0. The van der Waals surface area contributed by atoms with Crippen molar-refractivity contribution in [3.8, 4) is 22.6 Å². The van der Waals surface area contributed by atoms with Crippen LogP contribution in [0.3, 0.4) is 0 Å². The summed E-state index contributed by atoms with van der Waals surface area (Å²) in [5.74, 6) is -6.52. The predicted molar refractivity (Wildman–Crippen MR) is 118 cm³/mol. The molecule has 3 aliphatic carbocycles. The Kier molecular flexibility index (Phi) is 4.60. The van der Waals surface area contributed by atoms with Crippen molar-refractivity contribution in [2.24, 2.45) is 17.6 Å². The zero-order valence-corrected chi connectivity index (χ0v) is 17.8. The van der Waals surface area contributed by atoms with Gasteiger partial charge in [-0.1, -0.05) is 18.2 Å². The maximum Gasteiger partial charge on any atom is 0.255 e. The zero-order valence-electron chi connectivity index (χ0n) is 17.8. The third-order valence-electron chi connectivity index (χ3n) is 7.13. The lowest BCUT2D eigenvalue weighted by atomic mass is 9.59. The molecule has 9 nitrogen and oxygen atoms in total. The van der Waals surface area contributed by atoms with Gasteiger partial charge < -0.3 is 31.3 Å². The Labute approximate surface area is 193 Å². The van der Waals surface area contributed by atoms with Gasteiger partial charge in [0.05, 0.1) is 5.56 Å². The van der Waals surface area contributed by atoms with Crippen molar-refractivity contribution >= 4 is 23.2 Å². The number of phenolic OH excluding ortho intramolecular Hbond substituents is 2. The highest BCUT2D eigenvalue weighted by atomic mass is 16.3. The Morgan fingerprint density at radius 2 is 1.65 bits per heavy atom. The van der Waals surface area contributed by atoms with Gasteiger partial charge in [0.1, 0.15) is 28.6 Å². The number of ketones is 2. The van der Waals surface area contributed by atoms with Gasteiger partial charge in [-0.05, 0) is 53.6 Å². The van der Waals surface area contributed by atoms with Crippen molar-refractivity contribution in [1.29, 1.82) is 0 Å². The highest BCUT2D eigenvalue weighted by molar-refractivity contribution is 6.22. The number of phenols is 2. The number of rotatable bonds is 2. The van der Waals surface area contributed by atoms with E-state index in [-0.39, 0.29) is 41.9 Å². The Morgan fingerprint density at radius 1 is 0.971 bits per heavy atom. The minimum absolute atomic E-state index is 0.0257. The minimum atomic E-state index is -2.58. The summed E-state index contributed by atoms with van der Waals surface area (Å²) < 4.78 is 0. The number of nitrogens with two attached hydrogens (primary N) is 1. The molecule has 0 aromatic heterocycles. The maximum absolute atomic E-state index is 13.5.